The third-order valence-corrected chi connectivity index (χ3v) is 4.58. The quantitative estimate of drug-likeness (QED) is 0.545. The number of rotatable bonds is 6. The molecular formula is C21H18N6O2. The van der Waals surface area contributed by atoms with Gasteiger partial charge < -0.3 is 14.8 Å². The summed E-state index contributed by atoms with van der Waals surface area (Å²) in [5.41, 5.74) is 3.78. The molecule has 3 heterocycles. The summed E-state index contributed by atoms with van der Waals surface area (Å²) in [5.74, 6) is 1.94. The molecule has 1 N–H and O–H groups in total. The summed E-state index contributed by atoms with van der Waals surface area (Å²) in [7, 11) is 0. The molecule has 0 saturated carbocycles. The third-order valence-electron chi connectivity index (χ3n) is 4.58. The zero-order chi connectivity index (χ0) is 19.5. The second kappa shape index (κ2) is 7.59. The summed E-state index contributed by atoms with van der Waals surface area (Å²) in [6.45, 7) is 0.918. The number of benzene rings is 2. The Bertz CT molecular complexity index is 1130. The number of hydrogen-bond acceptors (Lipinski definition) is 7. The maximum absolute atomic E-state index is 5.43. The minimum atomic E-state index is 0.245. The topological polar surface area (TPSA) is 87.0 Å². The van der Waals surface area contributed by atoms with E-state index in [9.17, 15) is 0 Å². The van der Waals surface area contributed by atoms with Gasteiger partial charge in [0, 0.05) is 18.3 Å². The molecule has 2 aromatic carbocycles. The van der Waals surface area contributed by atoms with E-state index >= 15 is 0 Å². The molecule has 0 fully saturated rings. The lowest BCUT2D eigenvalue weighted by molar-refractivity contribution is 0.174. The van der Waals surface area contributed by atoms with Crippen molar-refractivity contribution in [2.75, 3.05) is 18.7 Å². The predicted molar refractivity (Wildman–Crippen MR) is 107 cm³/mol. The first kappa shape index (κ1) is 17.2. The molecule has 0 amide bonds. The van der Waals surface area contributed by atoms with E-state index in [2.05, 4.69) is 25.6 Å². The molecule has 8 heteroatoms. The predicted octanol–water partition coefficient (Wildman–Crippen LogP) is 3.11. The van der Waals surface area contributed by atoms with Crippen LogP contribution in [0.3, 0.4) is 0 Å². The molecular weight excluding hydrogens is 368 g/mol. The molecule has 0 unspecified atom stereocenters. The van der Waals surface area contributed by atoms with Crippen molar-refractivity contribution in [1.82, 2.24) is 25.0 Å². The minimum Gasteiger partial charge on any atom is -0.454 e. The molecule has 1 aliphatic heterocycles. The van der Waals surface area contributed by atoms with E-state index in [-0.39, 0.29) is 6.79 Å². The lowest BCUT2D eigenvalue weighted by Crippen LogP contribution is -2.08. The van der Waals surface area contributed by atoms with E-state index in [0.717, 1.165) is 34.7 Å². The van der Waals surface area contributed by atoms with Crippen molar-refractivity contribution in [2.45, 2.75) is 6.42 Å². The van der Waals surface area contributed by atoms with Gasteiger partial charge in [-0.15, -0.1) is 5.10 Å². The third kappa shape index (κ3) is 3.73. The highest BCUT2D eigenvalue weighted by atomic mass is 16.7. The Labute approximate surface area is 167 Å². The fourth-order valence-corrected chi connectivity index (χ4v) is 3.10. The minimum absolute atomic E-state index is 0.245. The first-order valence-electron chi connectivity index (χ1n) is 9.28. The Balaban J connectivity index is 1.23. The fourth-order valence-electron chi connectivity index (χ4n) is 3.10. The number of fused-ring (bicyclic) bond motifs is 1. The maximum atomic E-state index is 5.43. The summed E-state index contributed by atoms with van der Waals surface area (Å²) in [6, 6.07) is 15.7. The molecule has 5 rings (SSSR count). The van der Waals surface area contributed by atoms with Crippen molar-refractivity contribution < 1.29 is 9.47 Å². The van der Waals surface area contributed by atoms with Crippen LogP contribution in [0.25, 0.3) is 16.9 Å². The highest BCUT2D eigenvalue weighted by Crippen LogP contribution is 2.35. The van der Waals surface area contributed by atoms with Crippen molar-refractivity contribution in [2.24, 2.45) is 0 Å². The van der Waals surface area contributed by atoms with Gasteiger partial charge in [-0.05, 0) is 42.3 Å². The molecule has 8 nitrogen and oxygen atoms in total. The Morgan fingerprint density at radius 1 is 1.00 bits per heavy atom. The first-order chi connectivity index (χ1) is 14.3. The monoisotopic (exact) mass is 386 g/mol. The van der Waals surface area contributed by atoms with Crippen LogP contribution in [0, 0.1) is 0 Å². The van der Waals surface area contributed by atoms with Gasteiger partial charge in [-0.1, -0.05) is 18.2 Å². The molecule has 0 atom stereocenters. The van der Waals surface area contributed by atoms with Gasteiger partial charge in [0.05, 0.1) is 23.8 Å². The van der Waals surface area contributed by atoms with Crippen molar-refractivity contribution >= 4 is 5.95 Å². The Kier molecular flexibility index (Phi) is 4.50. The molecule has 0 aliphatic carbocycles. The van der Waals surface area contributed by atoms with E-state index in [1.54, 1.807) is 6.20 Å². The lowest BCUT2D eigenvalue weighted by Gasteiger charge is -2.06. The van der Waals surface area contributed by atoms with Crippen LogP contribution in [0.4, 0.5) is 5.95 Å². The van der Waals surface area contributed by atoms with Crippen LogP contribution >= 0.6 is 0 Å². The van der Waals surface area contributed by atoms with E-state index in [4.69, 9.17) is 9.47 Å². The van der Waals surface area contributed by atoms with Crippen molar-refractivity contribution in [3.8, 4) is 28.4 Å². The van der Waals surface area contributed by atoms with Gasteiger partial charge in [-0.3, -0.25) is 0 Å². The molecule has 0 saturated heterocycles. The van der Waals surface area contributed by atoms with E-state index in [1.165, 1.54) is 0 Å². The summed E-state index contributed by atoms with van der Waals surface area (Å²) >= 11 is 0. The molecule has 0 bridgehead atoms. The van der Waals surface area contributed by atoms with Crippen LogP contribution in [0.1, 0.15) is 5.56 Å². The molecule has 144 valence electrons. The van der Waals surface area contributed by atoms with Crippen molar-refractivity contribution in [3.05, 3.63) is 72.7 Å². The zero-order valence-corrected chi connectivity index (χ0v) is 15.5. The Morgan fingerprint density at radius 3 is 2.83 bits per heavy atom. The van der Waals surface area contributed by atoms with Gasteiger partial charge in [-0.25, -0.2) is 9.67 Å². The average Bonchev–Trinajstić information content (AvgIpc) is 3.44. The van der Waals surface area contributed by atoms with Gasteiger partial charge in [0.1, 0.15) is 0 Å². The number of ether oxygens (including phenoxy) is 2. The smallest absolute Gasteiger partial charge is 0.243 e. The Morgan fingerprint density at radius 2 is 1.90 bits per heavy atom. The molecule has 0 spiro atoms. The van der Waals surface area contributed by atoms with Crippen LogP contribution in [0.15, 0.2) is 67.1 Å². The normalized spacial score (nSPS) is 12.1. The van der Waals surface area contributed by atoms with E-state index in [1.807, 2.05) is 65.6 Å². The summed E-state index contributed by atoms with van der Waals surface area (Å²) in [5, 5.41) is 15.8. The number of para-hydroxylation sites is 1. The lowest BCUT2D eigenvalue weighted by atomic mass is 10.1. The zero-order valence-electron chi connectivity index (χ0n) is 15.5. The number of nitrogens with zero attached hydrogens (tertiary/aromatic N) is 5. The average molecular weight is 386 g/mol. The molecule has 1 aliphatic rings. The summed E-state index contributed by atoms with van der Waals surface area (Å²) in [4.78, 5) is 4.55. The Hall–Kier alpha value is -3.94. The fraction of sp³-hybridized carbons (Fsp3) is 0.143. The highest BCUT2D eigenvalue weighted by Gasteiger charge is 2.14. The van der Waals surface area contributed by atoms with E-state index < -0.39 is 0 Å². The van der Waals surface area contributed by atoms with Gasteiger partial charge in [0.25, 0.3) is 0 Å². The second-order valence-electron chi connectivity index (χ2n) is 6.54. The highest BCUT2D eigenvalue weighted by molar-refractivity contribution is 5.64. The first-order valence-corrected chi connectivity index (χ1v) is 9.28. The molecule has 0 radical (unpaired) electrons. The van der Waals surface area contributed by atoms with Gasteiger partial charge in [0.2, 0.25) is 12.7 Å². The van der Waals surface area contributed by atoms with Gasteiger partial charge in [-0.2, -0.15) is 10.2 Å². The number of anilines is 1. The van der Waals surface area contributed by atoms with Crippen LogP contribution in [0.2, 0.25) is 0 Å². The number of aromatic nitrogens is 5. The maximum Gasteiger partial charge on any atom is 0.243 e. The second-order valence-corrected chi connectivity index (χ2v) is 6.54. The van der Waals surface area contributed by atoms with Crippen molar-refractivity contribution in [1.29, 1.82) is 0 Å². The summed E-state index contributed by atoms with van der Waals surface area (Å²) < 4.78 is 12.6. The van der Waals surface area contributed by atoms with Crippen LogP contribution in [0.5, 0.6) is 11.5 Å². The van der Waals surface area contributed by atoms with Crippen molar-refractivity contribution in [3.63, 3.8) is 0 Å². The van der Waals surface area contributed by atoms with E-state index in [0.29, 0.717) is 18.2 Å². The van der Waals surface area contributed by atoms with Gasteiger partial charge >= 0.3 is 0 Å². The molecule has 4 aromatic rings. The van der Waals surface area contributed by atoms with Crippen LogP contribution < -0.4 is 14.8 Å². The van der Waals surface area contributed by atoms with Crippen LogP contribution in [-0.4, -0.2) is 38.3 Å². The van der Waals surface area contributed by atoms with Gasteiger partial charge in [0.15, 0.2) is 11.5 Å². The molecule has 2 aromatic heterocycles. The SMILES string of the molecule is c1ccc(-n2cc(CCNc3nncc(-c4ccc5c(c4)OCO5)n3)cn2)cc1. The largest absolute Gasteiger partial charge is 0.454 e. The van der Waals surface area contributed by atoms with Crippen LogP contribution in [-0.2, 0) is 6.42 Å². The number of hydrogen-bond donors (Lipinski definition) is 1. The molecule has 29 heavy (non-hydrogen) atoms. The standard InChI is InChI=1S/C21H18N6O2/c1-2-4-17(5-3-1)27-13-15(11-24-27)8-9-22-21-25-18(12-23-26-21)16-6-7-19-20(10-16)29-14-28-19/h1-7,10-13H,8-9,14H2,(H,22,25,26). The number of nitrogens with one attached hydrogen (secondary N) is 1. The summed E-state index contributed by atoms with van der Waals surface area (Å²) in [6.07, 6.45) is 6.33.